The number of aromatic nitrogens is 1. The molecule has 1 aliphatic heterocycles. The molecule has 1 fully saturated rings. The molecule has 1 N–H and O–H groups in total. The largest absolute Gasteiger partial charge is 0.386 e. The van der Waals surface area contributed by atoms with Crippen LogP contribution in [0.1, 0.15) is 36.1 Å². The van der Waals surface area contributed by atoms with E-state index in [-0.39, 0.29) is 5.92 Å². The van der Waals surface area contributed by atoms with Crippen LogP contribution in [0.25, 0.3) is 0 Å². The Bertz CT molecular complexity index is 527. The first-order chi connectivity index (χ1) is 8.86. The molecule has 7 heteroatoms. The third kappa shape index (κ3) is 3.98. The van der Waals surface area contributed by atoms with Crippen LogP contribution in [-0.2, 0) is 10.0 Å². The zero-order valence-corrected chi connectivity index (χ0v) is 12.9. The smallest absolute Gasteiger partial charge is 0.211 e. The fraction of sp³-hybridized carbons (Fsp3) is 0.750. The van der Waals surface area contributed by atoms with E-state index in [0.717, 1.165) is 23.5 Å². The van der Waals surface area contributed by atoms with Crippen LogP contribution in [0.3, 0.4) is 0 Å². The van der Waals surface area contributed by atoms with E-state index in [1.54, 1.807) is 0 Å². The summed E-state index contributed by atoms with van der Waals surface area (Å²) in [6.45, 7) is 3.01. The van der Waals surface area contributed by atoms with Gasteiger partial charge < -0.3 is 5.11 Å². The molecule has 1 aliphatic rings. The van der Waals surface area contributed by atoms with Crippen LogP contribution in [0, 0.1) is 12.8 Å². The van der Waals surface area contributed by atoms with Gasteiger partial charge in [0.15, 0.2) is 0 Å². The lowest BCUT2D eigenvalue weighted by Crippen LogP contribution is -2.39. The van der Waals surface area contributed by atoms with Crippen molar-refractivity contribution in [3.63, 3.8) is 0 Å². The molecule has 2 unspecified atom stereocenters. The molecule has 5 nitrogen and oxygen atoms in total. The summed E-state index contributed by atoms with van der Waals surface area (Å²) in [6, 6.07) is 0. The number of rotatable bonds is 4. The lowest BCUT2D eigenvalue weighted by molar-refractivity contribution is 0.122. The molecule has 0 saturated carbocycles. The number of aliphatic hydroxyl groups is 1. The van der Waals surface area contributed by atoms with Crippen LogP contribution in [-0.4, -0.2) is 42.2 Å². The van der Waals surface area contributed by atoms with E-state index in [4.69, 9.17) is 0 Å². The molecule has 2 rings (SSSR count). The van der Waals surface area contributed by atoms with Gasteiger partial charge in [-0.2, -0.15) is 0 Å². The molecule has 19 heavy (non-hydrogen) atoms. The van der Waals surface area contributed by atoms with Crippen LogP contribution in [0.2, 0.25) is 0 Å². The molecule has 0 amide bonds. The highest BCUT2D eigenvalue weighted by Gasteiger charge is 2.28. The second kappa shape index (κ2) is 5.87. The van der Waals surface area contributed by atoms with Crippen molar-refractivity contribution in [2.24, 2.45) is 5.92 Å². The quantitative estimate of drug-likeness (QED) is 0.916. The number of piperidine rings is 1. The minimum atomic E-state index is -3.12. The summed E-state index contributed by atoms with van der Waals surface area (Å²) >= 11 is 1.46. The zero-order valence-electron chi connectivity index (χ0n) is 11.2. The van der Waals surface area contributed by atoms with Crippen molar-refractivity contribution in [1.29, 1.82) is 0 Å². The Morgan fingerprint density at radius 1 is 1.63 bits per heavy atom. The summed E-state index contributed by atoms with van der Waals surface area (Å²) < 4.78 is 24.6. The maximum atomic E-state index is 11.5. The van der Waals surface area contributed by atoms with E-state index in [9.17, 15) is 13.5 Å². The Kier molecular flexibility index (Phi) is 4.60. The third-order valence-electron chi connectivity index (χ3n) is 3.43. The Balaban J connectivity index is 1.95. The van der Waals surface area contributed by atoms with Crippen molar-refractivity contribution in [3.8, 4) is 0 Å². The summed E-state index contributed by atoms with van der Waals surface area (Å²) in [4.78, 5) is 4.28. The van der Waals surface area contributed by atoms with E-state index in [1.165, 1.54) is 21.9 Å². The van der Waals surface area contributed by atoms with Gasteiger partial charge >= 0.3 is 0 Å². The molecule has 1 aromatic rings. The lowest BCUT2D eigenvalue weighted by atomic mass is 9.93. The molecule has 0 radical (unpaired) electrons. The van der Waals surface area contributed by atoms with E-state index >= 15 is 0 Å². The Morgan fingerprint density at radius 2 is 2.37 bits per heavy atom. The van der Waals surface area contributed by atoms with E-state index in [1.807, 2.05) is 12.3 Å². The normalized spacial score (nSPS) is 23.4. The van der Waals surface area contributed by atoms with Gasteiger partial charge in [0.1, 0.15) is 11.1 Å². The molecule has 2 heterocycles. The maximum Gasteiger partial charge on any atom is 0.211 e. The average Bonchev–Trinajstić information content (AvgIpc) is 2.75. The summed E-state index contributed by atoms with van der Waals surface area (Å²) in [7, 11) is -3.12. The van der Waals surface area contributed by atoms with E-state index in [0.29, 0.717) is 19.5 Å². The van der Waals surface area contributed by atoms with Crippen LogP contribution < -0.4 is 0 Å². The topological polar surface area (TPSA) is 70.5 Å². The van der Waals surface area contributed by atoms with Crippen LogP contribution in [0.4, 0.5) is 0 Å². The second-order valence-electron chi connectivity index (χ2n) is 5.21. The van der Waals surface area contributed by atoms with Crippen molar-refractivity contribution < 1.29 is 13.5 Å². The van der Waals surface area contributed by atoms with Crippen molar-refractivity contribution in [2.45, 2.75) is 32.3 Å². The third-order valence-corrected chi connectivity index (χ3v) is 5.76. The fourth-order valence-electron chi connectivity index (χ4n) is 2.46. The Hall–Kier alpha value is -0.500. The van der Waals surface area contributed by atoms with Gasteiger partial charge in [-0.15, -0.1) is 11.3 Å². The first-order valence-electron chi connectivity index (χ1n) is 6.41. The van der Waals surface area contributed by atoms with Gasteiger partial charge in [-0.3, -0.25) is 0 Å². The standard InChI is InChI=1S/C12H20N2O3S2/c1-9-8-18-12(13-9)11(15)6-10-4-3-5-14(7-10)19(2,16)17/h8,10-11,15H,3-7H2,1-2H3. The number of hydrogen-bond acceptors (Lipinski definition) is 5. The number of nitrogens with zero attached hydrogens (tertiary/aromatic N) is 2. The SMILES string of the molecule is Cc1csc(C(O)CC2CCCN(S(C)(=O)=O)C2)n1. The number of aliphatic hydroxyl groups excluding tert-OH is 1. The average molecular weight is 304 g/mol. The molecule has 2 atom stereocenters. The summed E-state index contributed by atoms with van der Waals surface area (Å²) in [5, 5.41) is 12.8. The van der Waals surface area contributed by atoms with Gasteiger partial charge in [0, 0.05) is 24.2 Å². The van der Waals surface area contributed by atoms with E-state index < -0.39 is 16.1 Å². The Morgan fingerprint density at radius 3 is 2.95 bits per heavy atom. The predicted octanol–water partition coefficient (Wildman–Crippen LogP) is 1.55. The maximum absolute atomic E-state index is 11.5. The van der Waals surface area contributed by atoms with Crippen LogP contribution in [0.5, 0.6) is 0 Å². The second-order valence-corrected chi connectivity index (χ2v) is 8.08. The molecule has 0 bridgehead atoms. The number of aryl methyl sites for hydroxylation is 1. The summed E-state index contributed by atoms with van der Waals surface area (Å²) in [6.07, 6.45) is 3.08. The molecular formula is C12H20N2O3S2. The van der Waals surface area contributed by atoms with E-state index in [2.05, 4.69) is 4.98 Å². The van der Waals surface area contributed by atoms with Crippen LogP contribution >= 0.6 is 11.3 Å². The monoisotopic (exact) mass is 304 g/mol. The molecule has 1 aromatic heterocycles. The predicted molar refractivity (Wildman–Crippen MR) is 75.6 cm³/mol. The number of sulfonamides is 1. The highest BCUT2D eigenvalue weighted by molar-refractivity contribution is 7.88. The highest BCUT2D eigenvalue weighted by Crippen LogP contribution is 2.29. The van der Waals surface area contributed by atoms with Crippen molar-refractivity contribution in [2.75, 3.05) is 19.3 Å². The van der Waals surface area contributed by atoms with Crippen molar-refractivity contribution in [1.82, 2.24) is 9.29 Å². The lowest BCUT2D eigenvalue weighted by Gasteiger charge is -2.31. The van der Waals surface area contributed by atoms with Gasteiger partial charge in [0.25, 0.3) is 0 Å². The fourth-order valence-corrected chi connectivity index (χ4v) is 4.20. The molecule has 0 aromatic carbocycles. The Labute approximate surface area is 118 Å². The van der Waals surface area contributed by atoms with Crippen LogP contribution in [0.15, 0.2) is 5.38 Å². The molecule has 0 spiro atoms. The molecule has 1 saturated heterocycles. The van der Waals surface area contributed by atoms with Crippen molar-refractivity contribution in [3.05, 3.63) is 16.1 Å². The number of thiazole rings is 1. The molecular weight excluding hydrogens is 284 g/mol. The molecule has 0 aliphatic carbocycles. The summed E-state index contributed by atoms with van der Waals surface area (Å²) in [5.41, 5.74) is 0.917. The van der Waals surface area contributed by atoms with Gasteiger partial charge in [-0.25, -0.2) is 17.7 Å². The highest BCUT2D eigenvalue weighted by atomic mass is 32.2. The minimum Gasteiger partial charge on any atom is -0.386 e. The zero-order chi connectivity index (χ0) is 14.0. The molecule has 108 valence electrons. The first-order valence-corrected chi connectivity index (χ1v) is 9.14. The number of hydrogen-bond donors (Lipinski definition) is 1. The van der Waals surface area contributed by atoms with Gasteiger partial charge in [-0.05, 0) is 32.1 Å². The van der Waals surface area contributed by atoms with Gasteiger partial charge in [0.2, 0.25) is 10.0 Å². The first kappa shape index (κ1) is 14.9. The van der Waals surface area contributed by atoms with Gasteiger partial charge in [0.05, 0.1) is 6.26 Å². The minimum absolute atomic E-state index is 0.211. The summed E-state index contributed by atoms with van der Waals surface area (Å²) in [5.74, 6) is 0.211. The van der Waals surface area contributed by atoms with Crippen molar-refractivity contribution >= 4 is 21.4 Å². The van der Waals surface area contributed by atoms with Gasteiger partial charge in [-0.1, -0.05) is 0 Å².